The molecule has 144 valence electrons. The Labute approximate surface area is 161 Å². The summed E-state index contributed by atoms with van der Waals surface area (Å²) in [5.74, 6) is -0.0905. The number of piperidine rings is 1. The maximum Gasteiger partial charge on any atom is 0.261 e. The smallest absolute Gasteiger partial charge is 0.261 e. The number of amides is 1. The molecule has 5 nitrogen and oxygen atoms in total. The quantitative estimate of drug-likeness (QED) is 0.859. The molecule has 1 fully saturated rings. The van der Waals surface area contributed by atoms with Crippen LogP contribution in [0.3, 0.4) is 0 Å². The van der Waals surface area contributed by atoms with E-state index in [0.29, 0.717) is 11.3 Å². The molecule has 27 heavy (non-hydrogen) atoms. The van der Waals surface area contributed by atoms with Gasteiger partial charge in [-0.15, -0.1) is 0 Å². The number of anilines is 1. The van der Waals surface area contributed by atoms with Crippen molar-refractivity contribution in [2.24, 2.45) is 0 Å². The Kier molecular flexibility index (Phi) is 5.56. The zero-order chi connectivity index (χ0) is 19.6. The first-order valence-corrected chi connectivity index (χ1v) is 10.8. The van der Waals surface area contributed by atoms with Gasteiger partial charge in [0.1, 0.15) is 0 Å². The second kappa shape index (κ2) is 7.72. The van der Waals surface area contributed by atoms with Crippen LogP contribution in [0, 0.1) is 13.8 Å². The van der Waals surface area contributed by atoms with Gasteiger partial charge >= 0.3 is 0 Å². The second-order valence-corrected chi connectivity index (χ2v) is 8.98. The number of likely N-dealkylation sites (tertiary alicyclic amines) is 1. The summed E-state index contributed by atoms with van der Waals surface area (Å²) in [4.78, 5) is 15.0. The fraction of sp³-hybridized carbons (Fsp3) is 0.381. The van der Waals surface area contributed by atoms with Gasteiger partial charge in [0.15, 0.2) is 0 Å². The van der Waals surface area contributed by atoms with E-state index in [4.69, 9.17) is 0 Å². The summed E-state index contributed by atoms with van der Waals surface area (Å²) in [6, 6.07) is 12.1. The number of carbonyl (C=O) groups excluding carboxylic acids is 1. The lowest BCUT2D eigenvalue weighted by Gasteiger charge is -2.34. The van der Waals surface area contributed by atoms with Crippen LogP contribution < -0.4 is 4.72 Å². The van der Waals surface area contributed by atoms with Crippen molar-refractivity contribution in [1.29, 1.82) is 0 Å². The van der Waals surface area contributed by atoms with Gasteiger partial charge in [0.05, 0.1) is 4.90 Å². The Balaban J connectivity index is 1.91. The minimum atomic E-state index is -3.77. The van der Waals surface area contributed by atoms with Crippen LogP contribution in [0.2, 0.25) is 0 Å². The Morgan fingerprint density at radius 1 is 1.11 bits per heavy atom. The zero-order valence-electron chi connectivity index (χ0n) is 16.0. The third-order valence-corrected chi connectivity index (χ3v) is 6.46. The number of nitrogens with one attached hydrogen (secondary N) is 1. The molecule has 2 aromatic rings. The van der Waals surface area contributed by atoms with Gasteiger partial charge in [-0.1, -0.05) is 18.2 Å². The molecule has 1 saturated heterocycles. The summed E-state index contributed by atoms with van der Waals surface area (Å²) in [5, 5.41) is 0. The van der Waals surface area contributed by atoms with Crippen molar-refractivity contribution < 1.29 is 13.2 Å². The standard InChI is InChI=1S/C21H26N2O3S/c1-15-7-6-9-18(13-15)22-27(25,26)19-11-10-16(2)20(14-19)21(24)23-12-5-4-8-17(23)3/h6-7,9-11,13-14,17,22H,4-5,8,12H2,1-3H3. The number of nitrogens with zero attached hydrogens (tertiary/aromatic N) is 1. The van der Waals surface area contributed by atoms with E-state index < -0.39 is 10.0 Å². The third kappa shape index (κ3) is 4.33. The molecule has 1 atom stereocenters. The number of aryl methyl sites for hydroxylation is 2. The van der Waals surface area contributed by atoms with Crippen molar-refractivity contribution in [1.82, 2.24) is 4.90 Å². The number of sulfonamides is 1. The minimum absolute atomic E-state index is 0.0905. The van der Waals surface area contributed by atoms with E-state index in [1.807, 2.05) is 31.7 Å². The SMILES string of the molecule is Cc1cccc(NS(=O)(=O)c2ccc(C)c(C(=O)N3CCCCC3C)c2)c1. The van der Waals surface area contributed by atoms with Crippen LogP contribution in [0.5, 0.6) is 0 Å². The summed E-state index contributed by atoms with van der Waals surface area (Å²) < 4.78 is 28.2. The van der Waals surface area contributed by atoms with E-state index in [0.717, 1.165) is 36.9 Å². The molecule has 1 heterocycles. The molecule has 6 heteroatoms. The monoisotopic (exact) mass is 386 g/mol. The molecule has 1 amide bonds. The van der Waals surface area contributed by atoms with E-state index in [2.05, 4.69) is 4.72 Å². The van der Waals surface area contributed by atoms with Crippen molar-refractivity contribution >= 4 is 21.6 Å². The second-order valence-electron chi connectivity index (χ2n) is 7.30. The van der Waals surface area contributed by atoms with E-state index in [9.17, 15) is 13.2 Å². The number of hydrogen-bond acceptors (Lipinski definition) is 3. The van der Waals surface area contributed by atoms with E-state index in [1.54, 1.807) is 30.3 Å². The van der Waals surface area contributed by atoms with Crippen LogP contribution in [-0.2, 0) is 10.0 Å². The van der Waals surface area contributed by atoms with Gasteiger partial charge in [-0.25, -0.2) is 8.42 Å². The Morgan fingerprint density at radius 2 is 1.89 bits per heavy atom. The highest BCUT2D eigenvalue weighted by Crippen LogP contribution is 2.24. The number of rotatable bonds is 4. The maximum atomic E-state index is 13.0. The first-order valence-electron chi connectivity index (χ1n) is 9.29. The van der Waals surface area contributed by atoms with Gasteiger partial charge in [-0.3, -0.25) is 9.52 Å². The van der Waals surface area contributed by atoms with Gasteiger partial charge in [-0.05, 0) is 75.4 Å². The molecule has 1 unspecified atom stereocenters. The summed E-state index contributed by atoms with van der Waals surface area (Å²) in [6.45, 7) is 6.51. The highest BCUT2D eigenvalue weighted by molar-refractivity contribution is 7.92. The molecular formula is C21H26N2O3S. The van der Waals surface area contributed by atoms with Crippen molar-refractivity contribution in [2.75, 3.05) is 11.3 Å². The lowest BCUT2D eigenvalue weighted by molar-refractivity contribution is 0.0634. The summed E-state index contributed by atoms with van der Waals surface area (Å²) >= 11 is 0. The van der Waals surface area contributed by atoms with Crippen LogP contribution in [0.1, 0.15) is 47.7 Å². The van der Waals surface area contributed by atoms with Gasteiger partial charge in [0.2, 0.25) is 0 Å². The zero-order valence-corrected chi connectivity index (χ0v) is 16.8. The third-order valence-electron chi connectivity index (χ3n) is 5.08. The average Bonchev–Trinajstić information content (AvgIpc) is 2.61. The average molecular weight is 387 g/mol. The highest BCUT2D eigenvalue weighted by atomic mass is 32.2. The lowest BCUT2D eigenvalue weighted by Crippen LogP contribution is -2.42. The van der Waals surface area contributed by atoms with Crippen LogP contribution >= 0.6 is 0 Å². The predicted molar refractivity (Wildman–Crippen MR) is 108 cm³/mol. The molecule has 0 spiro atoms. The topological polar surface area (TPSA) is 66.5 Å². The van der Waals surface area contributed by atoms with Crippen molar-refractivity contribution in [3.63, 3.8) is 0 Å². The van der Waals surface area contributed by atoms with Crippen LogP contribution in [0.15, 0.2) is 47.4 Å². The van der Waals surface area contributed by atoms with Gasteiger partial charge in [0, 0.05) is 23.8 Å². The van der Waals surface area contributed by atoms with E-state index in [1.165, 1.54) is 6.07 Å². The van der Waals surface area contributed by atoms with Crippen molar-refractivity contribution in [2.45, 2.75) is 51.0 Å². The summed E-state index contributed by atoms with van der Waals surface area (Å²) in [5.41, 5.74) is 2.71. The lowest BCUT2D eigenvalue weighted by atomic mass is 10.0. The molecular weight excluding hydrogens is 360 g/mol. The normalized spacial score (nSPS) is 17.6. The molecule has 0 aromatic heterocycles. The van der Waals surface area contributed by atoms with Gasteiger partial charge in [0.25, 0.3) is 15.9 Å². The maximum absolute atomic E-state index is 13.0. The molecule has 1 N–H and O–H groups in total. The largest absolute Gasteiger partial charge is 0.336 e. The fourth-order valence-corrected chi connectivity index (χ4v) is 4.55. The Hall–Kier alpha value is -2.34. The number of hydrogen-bond donors (Lipinski definition) is 1. The van der Waals surface area contributed by atoms with E-state index in [-0.39, 0.29) is 16.8 Å². The molecule has 2 aromatic carbocycles. The Bertz CT molecular complexity index is 954. The number of benzene rings is 2. The van der Waals surface area contributed by atoms with Crippen molar-refractivity contribution in [3.8, 4) is 0 Å². The van der Waals surface area contributed by atoms with Gasteiger partial charge < -0.3 is 4.90 Å². The predicted octanol–water partition coefficient (Wildman–Crippen LogP) is 4.12. The summed E-state index contributed by atoms with van der Waals surface area (Å²) in [6.07, 6.45) is 3.10. The molecule has 1 aliphatic heterocycles. The van der Waals surface area contributed by atoms with Gasteiger partial charge in [-0.2, -0.15) is 0 Å². The number of carbonyl (C=O) groups is 1. The molecule has 0 aliphatic carbocycles. The van der Waals surface area contributed by atoms with E-state index >= 15 is 0 Å². The highest BCUT2D eigenvalue weighted by Gasteiger charge is 2.26. The molecule has 3 rings (SSSR count). The molecule has 1 aliphatic rings. The van der Waals surface area contributed by atoms with Crippen molar-refractivity contribution in [3.05, 3.63) is 59.2 Å². The summed E-state index contributed by atoms with van der Waals surface area (Å²) in [7, 11) is -3.77. The van der Waals surface area contributed by atoms with Crippen LogP contribution in [0.4, 0.5) is 5.69 Å². The first kappa shape index (κ1) is 19.4. The van der Waals surface area contributed by atoms with Crippen LogP contribution in [-0.4, -0.2) is 31.8 Å². The minimum Gasteiger partial charge on any atom is -0.336 e. The van der Waals surface area contributed by atoms with Crippen LogP contribution in [0.25, 0.3) is 0 Å². The molecule has 0 saturated carbocycles. The molecule has 0 bridgehead atoms. The first-order chi connectivity index (χ1) is 12.8. The molecule has 0 radical (unpaired) electrons. The fourth-order valence-electron chi connectivity index (χ4n) is 3.48. The Morgan fingerprint density at radius 3 is 2.59 bits per heavy atom.